The summed E-state index contributed by atoms with van der Waals surface area (Å²) in [5.74, 6) is -0.884. The van der Waals surface area contributed by atoms with Crippen molar-refractivity contribution < 1.29 is 19.4 Å². The summed E-state index contributed by atoms with van der Waals surface area (Å²) in [6.07, 6.45) is 0. The molecule has 0 radical (unpaired) electrons. The van der Waals surface area contributed by atoms with Crippen molar-refractivity contribution in [1.29, 1.82) is 0 Å². The Labute approximate surface area is 125 Å². The van der Waals surface area contributed by atoms with Crippen molar-refractivity contribution >= 4 is 11.9 Å². The number of amides is 1. The van der Waals surface area contributed by atoms with Gasteiger partial charge >= 0.3 is 5.97 Å². The summed E-state index contributed by atoms with van der Waals surface area (Å²) in [6.45, 7) is 9.42. The Morgan fingerprint density at radius 2 is 1.95 bits per heavy atom. The lowest BCUT2D eigenvalue weighted by molar-refractivity contribution is -0.141. The number of hydrogen-bond donors (Lipinski definition) is 2. The number of carbonyl (C=O) groups excluding carboxylic acids is 1. The van der Waals surface area contributed by atoms with Crippen molar-refractivity contribution in [2.45, 2.75) is 46.1 Å². The minimum absolute atomic E-state index is 0.105. The summed E-state index contributed by atoms with van der Waals surface area (Å²) in [5.41, 5.74) is 2.03. The molecule has 2 N–H and O–H groups in total. The van der Waals surface area contributed by atoms with E-state index in [-0.39, 0.29) is 12.0 Å². The van der Waals surface area contributed by atoms with Gasteiger partial charge in [0.25, 0.3) is 5.91 Å². The van der Waals surface area contributed by atoms with Crippen LogP contribution in [0.4, 0.5) is 0 Å². The number of aryl methyl sites for hydroxylation is 1. The molecule has 0 saturated heterocycles. The Balaban J connectivity index is 2.76. The lowest BCUT2D eigenvalue weighted by Gasteiger charge is -2.23. The van der Waals surface area contributed by atoms with Gasteiger partial charge in [-0.05, 0) is 30.9 Å². The van der Waals surface area contributed by atoms with Crippen molar-refractivity contribution in [3.8, 4) is 5.75 Å². The Morgan fingerprint density at radius 3 is 2.48 bits per heavy atom. The van der Waals surface area contributed by atoms with Crippen LogP contribution in [0.1, 0.15) is 38.8 Å². The molecule has 0 heterocycles. The first-order valence-electron chi connectivity index (χ1n) is 6.87. The molecule has 0 aliphatic heterocycles. The molecular formula is C16H23NO4. The first kappa shape index (κ1) is 17.0. The third-order valence-corrected chi connectivity index (χ3v) is 3.05. The van der Waals surface area contributed by atoms with E-state index in [4.69, 9.17) is 9.84 Å². The number of ether oxygens (including phenoxy) is 1. The predicted molar refractivity (Wildman–Crippen MR) is 80.6 cm³/mol. The number of hydrogen-bond acceptors (Lipinski definition) is 3. The summed E-state index contributed by atoms with van der Waals surface area (Å²) >= 11 is 0. The van der Waals surface area contributed by atoms with E-state index in [0.717, 1.165) is 11.1 Å². The zero-order chi connectivity index (χ0) is 16.2. The molecule has 0 bridgehead atoms. The van der Waals surface area contributed by atoms with Gasteiger partial charge in [-0.3, -0.25) is 9.59 Å². The van der Waals surface area contributed by atoms with E-state index in [1.165, 1.54) is 6.92 Å². The van der Waals surface area contributed by atoms with Crippen molar-refractivity contribution in [1.82, 2.24) is 5.32 Å². The van der Waals surface area contributed by atoms with Gasteiger partial charge in [0.15, 0.2) is 6.61 Å². The van der Waals surface area contributed by atoms with Crippen molar-refractivity contribution in [2.75, 3.05) is 6.61 Å². The van der Waals surface area contributed by atoms with E-state index in [1.807, 2.05) is 25.1 Å². The standard InChI is InChI=1S/C16H23NO4/c1-10-6-7-13(12(8-10)16(3,4)5)21-9-14(18)17-11(2)15(19)20/h6-8,11H,9H2,1-5H3,(H,17,18)(H,19,20)/t11-/m1/s1. The van der Waals surface area contributed by atoms with Crippen LogP contribution < -0.4 is 10.1 Å². The van der Waals surface area contributed by atoms with Crippen LogP contribution in [0.15, 0.2) is 18.2 Å². The van der Waals surface area contributed by atoms with E-state index in [1.54, 1.807) is 0 Å². The van der Waals surface area contributed by atoms with Gasteiger partial charge in [-0.15, -0.1) is 0 Å². The van der Waals surface area contributed by atoms with Crippen LogP contribution in [-0.4, -0.2) is 29.6 Å². The molecule has 1 rings (SSSR count). The maximum atomic E-state index is 11.7. The maximum absolute atomic E-state index is 11.7. The second kappa shape index (κ2) is 6.61. The first-order valence-corrected chi connectivity index (χ1v) is 6.87. The molecule has 0 saturated carbocycles. The quantitative estimate of drug-likeness (QED) is 0.873. The molecule has 5 nitrogen and oxygen atoms in total. The molecule has 1 amide bonds. The molecule has 21 heavy (non-hydrogen) atoms. The molecule has 1 atom stereocenters. The second-order valence-electron chi connectivity index (χ2n) is 6.17. The van der Waals surface area contributed by atoms with Gasteiger partial charge in [0.05, 0.1) is 0 Å². The van der Waals surface area contributed by atoms with Crippen molar-refractivity contribution in [3.63, 3.8) is 0 Å². The molecule has 0 aliphatic carbocycles. The Morgan fingerprint density at radius 1 is 1.33 bits per heavy atom. The first-order chi connectivity index (χ1) is 9.61. The molecule has 5 heteroatoms. The zero-order valence-electron chi connectivity index (χ0n) is 13.2. The lowest BCUT2D eigenvalue weighted by Crippen LogP contribution is -2.40. The van der Waals surface area contributed by atoms with E-state index < -0.39 is 17.9 Å². The van der Waals surface area contributed by atoms with Gasteiger partial charge in [-0.2, -0.15) is 0 Å². The van der Waals surface area contributed by atoms with Gasteiger partial charge < -0.3 is 15.2 Å². The Bertz CT molecular complexity index is 532. The average Bonchev–Trinajstić information content (AvgIpc) is 2.35. The van der Waals surface area contributed by atoms with Gasteiger partial charge in [0.2, 0.25) is 0 Å². The van der Waals surface area contributed by atoms with E-state index >= 15 is 0 Å². The van der Waals surface area contributed by atoms with Gasteiger partial charge in [-0.25, -0.2) is 0 Å². The SMILES string of the molecule is Cc1ccc(OCC(=O)N[C@H](C)C(=O)O)c(C(C)(C)C)c1. The minimum atomic E-state index is -1.07. The van der Waals surface area contributed by atoms with Gasteiger partial charge in [0.1, 0.15) is 11.8 Å². The fourth-order valence-electron chi connectivity index (χ4n) is 1.84. The van der Waals surface area contributed by atoms with Gasteiger partial charge in [0, 0.05) is 0 Å². The fourth-order valence-corrected chi connectivity index (χ4v) is 1.84. The van der Waals surface area contributed by atoms with E-state index in [2.05, 4.69) is 26.1 Å². The highest BCUT2D eigenvalue weighted by atomic mass is 16.5. The van der Waals surface area contributed by atoms with E-state index in [0.29, 0.717) is 5.75 Å². The zero-order valence-corrected chi connectivity index (χ0v) is 13.2. The fraction of sp³-hybridized carbons (Fsp3) is 0.500. The predicted octanol–water partition coefficient (Wildman–Crippen LogP) is 2.26. The number of nitrogens with one attached hydrogen (secondary N) is 1. The average molecular weight is 293 g/mol. The topological polar surface area (TPSA) is 75.6 Å². The van der Waals surface area contributed by atoms with Crippen molar-refractivity contribution in [2.24, 2.45) is 0 Å². The normalized spacial score (nSPS) is 12.6. The third kappa shape index (κ3) is 5.10. The lowest BCUT2D eigenvalue weighted by atomic mass is 9.85. The highest BCUT2D eigenvalue weighted by Crippen LogP contribution is 2.32. The number of aliphatic carboxylic acids is 1. The van der Waals surface area contributed by atoms with Crippen LogP contribution in [0.3, 0.4) is 0 Å². The summed E-state index contributed by atoms with van der Waals surface area (Å²) in [4.78, 5) is 22.3. The summed E-state index contributed by atoms with van der Waals surface area (Å²) < 4.78 is 5.56. The largest absolute Gasteiger partial charge is 0.483 e. The van der Waals surface area contributed by atoms with Crippen LogP contribution in [0, 0.1) is 6.92 Å². The monoisotopic (exact) mass is 293 g/mol. The van der Waals surface area contributed by atoms with Crippen LogP contribution in [-0.2, 0) is 15.0 Å². The Kier molecular flexibility index (Phi) is 5.35. The second-order valence-corrected chi connectivity index (χ2v) is 6.17. The molecule has 116 valence electrons. The van der Waals surface area contributed by atoms with Crippen LogP contribution >= 0.6 is 0 Å². The summed E-state index contributed by atoms with van der Waals surface area (Å²) in [5, 5.41) is 11.1. The molecule has 0 aromatic heterocycles. The third-order valence-electron chi connectivity index (χ3n) is 3.05. The van der Waals surface area contributed by atoms with Gasteiger partial charge in [-0.1, -0.05) is 38.5 Å². The number of carboxylic acid groups (broad SMARTS) is 1. The van der Waals surface area contributed by atoms with Crippen LogP contribution in [0.2, 0.25) is 0 Å². The summed E-state index contributed by atoms with van der Waals surface area (Å²) in [7, 11) is 0. The Hall–Kier alpha value is -2.04. The summed E-state index contributed by atoms with van der Waals surface area (Å²) in [6, 6.07) is 4.86. The molecule has 1 aromatic carbocycles. The highest BCUT2D eigenvalue weighted by Gasteiger charge is 2.20. The van der Waals surface area contributed by atoms with Crippen LogP contribution in [0.25, 0.3) is 0 Å². The molecule has 1 aromatic rings. The minimum Gasteiger partial charge on any atom is -0.483 e. The number of carboxylic acids is 1. The molecule has 0 fully saturated rings. The maximum Gasteiger partial charge on any atom is 0.325 e. The highest BCUT2D eigenvalue weighted by molar-refractivity contribution is 5.84. The van der Waals surface area contributed by atoms with Crippen molar-refractivity contribution in [3.05, 3.63) is 29.3 Å². The smallest absolute Gasteiger partial charge is 0.325 e. The molecule has 0 spiro atoms. The van der Waals surface area contributed by atoms with E-state index in [9.17, 15) is 9.59 Å². The number of rotatable bonds is 5. The molecule has 0 unspecified atom stereocenters. The number of carbonyl (C=O) groups is 2. The molecule has 0 aliphatic rings. The van der Waals surface area contributed by atoms with Crippen LogP contribution in [0.5, 0.6) is 5.75 Å². The number of benzene rings is 1. The molecular weight excluding hydrogens is 270 g/mol.